The molecule has 0 saturated heterocycles. The number of nitrogens with one attached hydrogen (secondary N) is 1. The van der Waals surface area contributed by atoms with E-state index in [2.05, 4.69) is 10.4 Å². The molecule has 1 aromatic heterocycles. The second-order valence-corrected chi connectivity index (χ2v) is 5.13. The molecule has 1 heterocycles. The molecule has 3 N–H and O–H groups in total. The lowest BCUT2D eigenvalue weighted by molar-refractivity contribution is -0.385. The van der Waals surface area contributed by atoms with Crippen molar-refractivity contribution in [3.05, 3.63) is 22.5 Å². The molecule has 2 unspecified atom stereocenters. The molecular formula is C13H24N4O4. The molecule has 8 heteroatoms. The van der Waals surface area contributed by atoms with Crippen LogP contribution < -0.4 is 5.32 Å². The van der Waals surface area contributed by atoms with Gasteiger partial charge >= 0.3 is 5.69 Å². The first-order chi connectivity index (χ1) is 9.97. The second-order valence-electron chi connectivity index (χ2n) is 5.13. The van der Waals surface area contributed by atoms with Crippen LogP contribution >= 0.6 is 0 Å². The van der Waals surface area contributed by atoms with Crippen LogP contribution in [0.4, 0.5) is 5.69 Å². The van der Waals surface area contributed by atoms with E-state index in [4.69, 9.17) is 0 Å². The fourth-order valence-corrected chi connectivity index (χ4v) is 2.22. The average molecular weight is 300 g/mol. The molecule has 0 spiro atoms. The van der Waals surface area contributed by atoms with Crippen LogP contribution in [0, 0.1) is 16.0 Å². The van der Waals surface area contributed by atoms with Gasteiger partial charge in [-0.15, -0.1) is 0 Å². The molecule has 0 aliphatic heterocycles. The van der Waals surface area contributed by atoms with Crippen LogP contribution in [0.15, 0.2) is 12.4 Å². The van der Waals surface area contributed by atoms with Crippen molar-refractivity contribution in [2.24, 2.45) is 5.92 Å². The van der Waals surface area contributed by atoms with Gasteiger partial charge in [-0.1, -0.05) is 26.7 Å². The summed E-state index contributed by atoms with van der Waals surface area (Å²) in [7, 11) is 0. The van der Waals surface area contributed by atoms with Gasteiger partial charge in [0.25, 0.3) is 0 Å². The van der Waals surface area contributed by atoms with Crippen LogP contribution in [-0.4, -0.2) is 50.2 Å². The minimum absolute atomic E-state index is 0.0979. The Bertz CT molecular complexity index is 434. The summed E-state index contributed by atoms with van der Waals surface area (Å²) in [5.74, 6) is 0.253. The number of aromatic nitrogens is 2. The highest BCUT2D eigenvalue weighted by Crippen LogP contribution is 2.12. The standard InChI is InChI=1S/C13H24N4O4/c1-3-10(4-2)13(19)7-14-6-12(18)9-16-8-11(5-15-16)17(20)21/h5,8,10,12-14,18-19H,3-4,6-7,9H2,1-2H3. The zero-order valence-electron chi connectivity index (χ0n) is 12.5. The van der Waals surface area contributed by atoms with Gasteiger partial charge < -0.3 is 15.5 Å². The maximum atomic E-state index is 10.5. The summed E-state index contributed by atoms with van der Waals surface area (Å²) < 4.78 is 1.34. The second kappa shape index (κ2) is 8.71. The fraction of sp³-hybridized carbons (Fsp3) is 0.769. The topological polar surface area (TPSA) is 113 Å². The summed E-state index contributed by atoms with van der Waals surface area (Å²) in [5, 5.41) is 37.1. The lowest BCUT2D eigenvalue weighted by Gasteiger charge is -2.21. The number of nitro groups is 1. The van der Waals surface area contributed by atoms with Crippen molar-refractivity contribution in [3.8, 4) is 0 Å². The molecule has 21 heavy (non-hydrogen) atoms. The van der Waals surface area contributed by atoms with E-state index in [0.717, 1.165) is 19.0 Å². The van der Waals surface area contributed by atoms with E-state index in [1.54, 1.807) is 0 Å². The summed E-state index contributed by atoms with van der Waals surface area (Å²) in [5.41, 5.74) is -0.0979. The van der Waals surface area contributed by atoms with Crippen molar-refractivity contribution in [1.29, 1.82) is 0 Å². The zero-order valence-corrected chi connectivity index (χ0v) is 12.5. The molecule has 0 aromatic carbocycles. The van der Waals surface area contributed by atoms with Crippen molar-refractivity contribution in [2.75, 3.05) is 13.1 Å². The maximum absolute atomic E-state index is 10.5. The number of nitrogens with zero attached hydrogens (tertiary/aromatic N) is 3. The first-order valence-electron chi connectivity index (χ1n) is 7.21. The van der Waals surface area contributed by atoms with Crippen LogP contribution in [0.2, 0.25) is 0 Å². The van der Waals surface area contributed by atoms with Gasteiger partial charge in [0.1, 0.15) is 12.4 Å². The Hall–Kier alpha value is -1.51. The SMILES string of the molecule is CCC(CC)C(O)CNCC(O)Cn1cc([N+](=O)[O-])cn1. The Morgan fingerprint density at radius 3 is 2.57 bits per heavy atom. The molecule has 1 aromatic rings. The third-order valence-corrected chi connectivity index (χ3v) is 3.55. The highest BCUT2D eigenvalue weighted by atomic mass is 16.6. The Kier molecular flexibility index (Phi) is 7.27. The Balaban J connectivity index is 2.30. The highest BCUT2D eigenvalue weighted by molar-refractivity contribution is 5.20. The van der Waals surface area contributed by atoms with E-state index in [9.17, 15) is 20.3 Å². The Morgan fingerprint density at radius 2 is 2.05 bits per heavy atom. The van der Waals surface area contributed by atoms with E-state index >= 15 is 0 Å². The minimum atomic E-state index is -0.724. The van der Waals surface area contributed by atoms with E-state index < -0.39 is 17.1 Å². The van der Waals surface area contributed by atoms with Gasteiger partial charge in [0.15, 0.2) is 0 Å². The molecule has 0 bridgehead atoms. The lowest BCUT2D eigenvalue weighted by Crippen LogP contribution is -2.37. The number of aliphatic hydroxyl groups excluding tert-OH is 2. The van der Waals surface area contributed by atoms with Gasteiger partial charge in [0.05, 0.1) is 23.7 Å². The van der Waals surface area contributed by atoms with E-state index in [1.807, 2.05) is 13.8 Å². The molecule has 1 rings (SSSR count). The van der Waals surface area contributed by atoms with Gasteiger partial charge in [0, 0.05) is 13.1 Å². The fourth-order valence-electron chi connectivity index (χ4n) is 2.22. The molecule has 0 aliphatic carbocycles. The molecule has 0 fully saturated rings. The maximum Gasteiger partial charge on any atom is 0.306 e. The van der Waals surface area contributed by atoms with Crippen LogP contribution in [0.3, 0.4) is 0 Å². The van der Waals surface area contributed by atoms with Gasteiger partial charge in [-0.2, -0.15) is 5.10 Å². The first kappa shape index (κ1) is 17.5. The lowest BCUT2D eigenvalue weighted by atomic mass is 9.96. The molecule has 0 saturated carbocycles. The molecule has 0 radical (unpaired) electrons. The highest BCUT2D eigenvalue weighted by Gasteiger charge is 2.16. The normalized spacial score (nSPS) is 14.3. The average Bonchev–Trinajstić information content (AvgIpc) is 2.88. The quantitative estimate of drug-likeness (QED) is 0.429. The van der Waals surface area contributed by atoms with Gasteiger partial charge in [-0.05, 0) is 5.92 Å². The summed E-state index contributed by atoms with van der Waals surface area (Å²) in [6.45, 7) is 4.96. The summed E-state index contributed by atoms with van der Waals surface area (Å²) in [6, 6.07) is 0. The van der Waals surface area contributed by atoms with Crippen LogP contribution in [0.25, 0.3) is 0 Å². The Morgan fingerprint density at radius 1 is 1.38 bits per heavy atom. The predicted octanol–water partition coefficient (Wildman–Crippen LogP) is 0.539. The van der Waals surface area contributed by atoms with E-state index in [1.165, 1.54) is 10.9 Å². The van der Waals surface area contributed by atoms with E-state index in [0.29, 0.717) is 13.1 Å². The molecule has 8 nitrogen and oxygen atoms in total. The van der Waals surface area contributed by atoms with Crippen molar-refractivity contribution >= 4 is 5.69 Å². The Labute approximate surface area is 123 Å². The van der Waals surface area contributed by atoms with Crippen LogP contribution in [-0.2, 0) is 6.54 Å². The predicted molar refractivity (Wildman–Crippen MR) is 77.8 cm³/mol. The molecule has 120 valence electrons. The largest absolute Gasteiger partial charge is 0.392 e. The van der Waals surface area contributed by atoms with Crippen LogP contribution in [0.1, 0.15) is 26.7 Å². The third-order valence-electron chi connectivity index (χ3n) is 3.55. The van der Waals surface area contributed by atoms with Crippen molar-refractivity contribution in [1.82, 2.24) is 15.1 Å². The molecule has 0 aliphatic rings. The summed E-state index contributed by atoms with van der Waals surface area (Å²) >= 11 is 0. The molecular weight excluding hydrogens is 276 g/mol. The summed E-state index contributed by atoms with van der Waals surface area (Å²) in [6.07, 6.45) is 3.10. The number of aliphatic hydroxyl groups is 2. The van der Waals surface area contributed by atoms with Crippen molar-refractivity contribution in [3.63, 3.8) is 0 Å². The number of rotatable bonds is 10. The van der Waals surface area contributed by atoms with Crippen LogP contribution in [0.5, 0.6) is 0 Å². The van der Waals surface area contributed by atoms with Gasteiger partial charge in [-0.25, -0.2) is 0 Å². The number of hydrogen-bond donors (Lipinski definition) is 3. The zero-order chi connectivity index (χ0) is 15.8. The van der Waals surface area contributed by atoms with Crippen molar-refractivity contribution < 1.29 is 15.1 Å². The molecule has 2 atom stereocenters. The first-order valence-corrected chi connectivity index (χ1v) is 7.21. The summed E-state index contributed by atoms with van der Waals surface area (Å²) in [4.78, 5) is 9.99. The van der Waals surface area contributed by atoms with Crippen molar-refractivity contribution in [2.45, 2.75) is 45.4 Å². The smallest absolute Gasteiger partial charge is 0.306 e. The monoisotopic (exact) mass is 300 g/mol. The third kappa shape index (κ3) is 5.78. The minimum Gasteiger partial charge on any atom is -0.392 e. The van der Waals surface area contributed by atoms with E-state index in [-0.39, 0.29) is 18.2 Å². The van der Waals surface area contributed by atoms with Gasteiger partial charge in [-0.3, -0.25) is 14.8 Å². The number of hydrogen-bond acceptors (Lipinski definition) is 6. The van der Waals surface area contributed by atoms with Gasteiger partial charge in [0.2, 0.25) is 0 Å². The molecule has 0 amide bonds.